The average Bonchev–Trinajstić information content (AvgIpc) is 2.08. The number of carboxylic acids is 1. The number of aromatic nitrogens is 1. The molecule has 0 aliphatic rings. The number of halogens is 1. The van der Waals surface area contributed by atoms with Crippen LogP contribution in [0, 0.1) is 0 Å². The number of pyridine rings is 1. The number of allylic oxidation sites excluding steroid dienone is 1. The maximum absolute atomic E-state index is 10.8. The molecule has 0 aromatic carbocycles. The third-order valence-corrected chi connectivity index (χ3v) is 1.94. The van der Waals surface area contributed by atoms with E-state index in [4.69, 9.17) is 5.11 Å². The summed E-state index contributed by atoms with van der Waals surface area (Å²) < 4.78 is 0.665. The molecule has 0 aliphatic heterocycles. The molecule has 68 valence electrons. The zero-order chi connectivity index (χ0) is 9.84. The molecular weight excluding hydrogens is 234 g/mol. The fraction of sp³-hybridized carbons (Fsp3) is 0.111. The Hall–Kier alpha value is -1.16. The Bertz CT molecular complexity index is 349. The number of aromatic carboxylic acids is 1. The smallest absolute Gasteiger partial charge is 0.337 e. The average molecular weight is 242 g/mol. The number of hydrogen-bond donors (Lipinski definition) is 1. The fourth-order valence-corrected chi connectivity index (χ4v) is 1.28. The molecule has 1 aromatic heterocycles. The minimum atomic E-state index is -0.967. The van der Waals surface area contributed by atoms with Gasteiger partial charge >= 0.3 is 5.97 Å². The van der Waals surface area contributed by atoms with Crippen LogP contribution in [0.2, 0.25) is 0 Å². The van der Waals surface area contributed by atoms with Gasteiger partial charge in [0.2, 0.25) is 0 Å². The lowest BCUT2D eigenvalue weighted by Crippen LogP contribution is -2.04. The summed E-state index contributed by atoms with van der Waals surface area (Å²) in [5, 5.41) is 8.82. The molecule has 0 saturated heterocycles. The van der Waals surface area contributed by atoms with Gasteiger partial charge in [0.1, 0.15) is 0 Å². The zero-order valence-corrected chi connectivity index (χ0v) is 8.41. The van der Waals surface area contributed by atoms with Crippen molar-refractivity contribution in [2.75, 3.05) is 0 Å². The third kappa shape index (κ3) is 2.39. The number of rotatable bonds is 3. The molecule has 0 aliphatic carbocycles. The van der Waals surface area contributed by atoms with Crippen LogP contribution in [0.5, 0.6) is 0 Å². The van der Waals surface area contributed by atoms with Gasteiger partial charge in [0.25, 0.3) is 0 Å². The Morgan fingerprint density at radius 3 is 3.00 bits per heavy atom. The summed E-state index contributed by atoms with van der Waals surface area (Å²) in [6, 6.07) is 1.54. The second-order valence-corrected chi connectivity index (χ2v) is 3.36. The monoisotopic (exact) mass is 241 g/mol. The van der Waals surface area contributed by atoms with Crippen molar-refractivity contribution in [2.24, 2.45) is 0 Å². The van der Waals surface area contributed by atoms with Crippen molar-refractivity contribution in [3.8, 4) is 0 Å². The molecule has 4 heteroatoms. The molecule has 1 N–H and O–H groups in total. The van der Waals surface area contributed by atoms with Crippen LogP contribution >= 0.6 is 15.9 Å². The Morgan fingerprint density at radius 2 is 2.46 bits per heavy atom. The van der Waals surface area contributed by atoms with Crippen LogP contribution < -0.4 is 0 Å². The van der Waals surface area contributed by atoms with Gasteiger partial charge in [-0.25, -0.2) is 4.79 Å². The van der Waals surface area contributed by atoms with Crippen molar-refractivity contribution in [2.45, 2.75) is 6.42 Å². The van der Waals surface area contributed by atoms with Gasteiger partial charge in [0.15, 0.2) is 0 Å². The van der Waals surface area contributed by atoms with Crippen molar-refractivity contribution >= 4 is 21.9 Å². The van der Waals surface area contributed by atoms with E-state index in [1.807, 2.05) is 0 Å². The summed E-state index contributed by atoms with van der Waals surface area (Å²) in [4.78, 5) is 14.7. The third-order valence-electron chi connectivity index (χ3n) is 1.50. The maximum atomic E-state index is 10.8. The first-order valence-corrected chi connectivity index (χ1v) is 4.43. The molecule has 13 heavy (non-hydrogen) atoms. The van der Waals surface area contributed by atoms with Crippen LogP contribution in [0.3, 0.4) is 0 Å². The second kappa shape index (κ2) is 4.18. The zero-order valence-electron chi connectivity index (χ0n) is 6.83. The minimum Gasteiger partial charge on any atom is -0.478 e. The lowest BCUT2D eigenvalue weighted by atomic mass is 10.1. The number of hydrogen-bond acceptors (Lipinski definition) is 2. The Morgan fingerprint density at radius 1 is 1.77 bits per heavy atom. The molecule has 1 heterocycles. The van der Waals surface area contributed by atoms with E-state index in [1.165, 1.54) is 6.07 Å². The van der Waals surface area contributed by atoms with Crippen molar-refractivity contribution in [3.63, 3.8) is 0 Å². The Kier molecular flexibility index (Phi) is 3.19. The minimum absolute atomic E-state index is 0.217. The van der Waals surface area contributed by atoms with Gasteiger partial charge < -0.3 is 5.11 Å². The quantitative estimate of drug-likeness (QED) is 0.827. The van der Waals surface area contributed by atoms with Crippen LogP contribution in [0.15, 0.2) is 29.4 Å². The molecule has 1 aromatic rings. The summed E-state index contributed by atoms with van der Waals surface area (Å²) >= 11 is 3.16. The van der Waals surface area contributed by atoms with E-state index in [0.29, 0.717) is 16.6 Å². The predicted octanol–water partition coefficient (Wildman–Crippen LogP) is 2.27. The fourth-order valence-electron chi connectivity index (χ4n) is 0.952. The first kappa shape index (κ1) is 9.92. The van der Waals surface area contributed by atoms with Crippen LogP contribution in [0.1, 0.15) is 16.1 Å². The van der Waals surface area contributed by atoms with Crippen molar-refractivity contribution < 1.29 is 9.90 Å². The van der Waals surface area contributed by atoms with Crippen molar-refractivity contribution in [1.82, 2.24) is 4.98 Å². The molecule has 0 fully saturated rings. The van der Waals surface area contributed by atoms with Crippen LogP contribution in [0.25, 0.3) is 0 Å². The highest BCUT2D eigenvalue weighted by atomic mass is 79.9. The van der Waals surface area contributed by atoms with Gasteiger partial charge in [-0.2, -0.15) is 0 Å². The summed E-state index contributed by atoms with van der Waals surface area (Å²) in [5.41, 5.74) is 0.750. The lowest BCUT2D eigenvalue weighted by Gasteiger charge is -2.01. The molecule has 0 amide bonds. The summed E-state index contributed by atoms with van der Waals surface area (Å²) in [6.07, 6.45) is 3.67. The highest BCUT2D eigenvalue weighted by Gasteiger charge is 2.10. The van der Waals surface area contributed by atoms with Crippen LogP contribution in [-0.4, -0.2) is 16.1 Å². The van der Waals surface area contributed by atoms with Gasteiger partial charge in [0, 0.05) is 17.1 Å². The van der Waals surface area contributed by atoms with Gasteiger partial charge in [-0.1, -0.05) is 6.08 Å². The number of carbonyl (C=O) groups is 1. The SMILES string of the molecule is C=CCc1ncc(Br)cc1C(=O)O. The van der Waals surface area contributed by atoms with Gasteiger partial charge in [-0.05, 0) is 22.0 Å². The van der Waals surface area contributed by atoms with E-state index in [2.05, 4.69) is 27.5 Å². The molecule has 3 nitrogen and oxygen atoms in total. The van der Waals surface area contributed by atoms with E-state index >= 15 is 0 Å². The molecule has 0 bridgehead atoms. The molecule has 0 spiro atoms. The maximum Gasteiger partial charge on any atom is 0.337 e. The molecule has 0 atom stereocenters. The second-order valence-electron chi connectivity index (χ2n) is 2.45. The molecule has 0 unspecified atom stereocenters. The lowest BCUT2D eigenvalue weighted by molar-refractivity contribution is 0.0695. The molecule has 0 radical (unpaired) electrons. The van der Waals surface area contributed by atoms with E-state index in [0.717, 1.165) is 0 Å². The van der Waals surface area contributed by atoms with Gasteiger partial charge in [-0.3, -0.25) is 4.98 Å². The number of nitrogens with zero attached hydrogens (tertiary/aromatic N) is 1. The summed E-state index contributed by atoms with van der Waals surface area (Å²) in [7, 11) is 0. The predicted molar refractivity (Wildman–Crippen MR) is 52.8 cm³/mol. The molecule has 1 rings (SSSR count). The standard InChI is InChI=1S/C9H8BrNO2/c1-2-3-8-7(9(12)13)4-6(10)5-11-8/h2,4-5H,1,3H2,(H,12,13). The molecule has 0 saturated carbocycles. The Labute approximate surface area is 84.2 Å². The molecular formula is C9H8BrNO2. The van der Waals surface area contributed by atoms with E-state index in [-0.39, 0.29) is 5.56 Å². The topological polar surface area (TPSA) is 50.2 Å². The van der Waals surface area contributed by atoms with E-state index in [1.54, 1.807) is 12.3 Å². The van der Waals surface area contributed by atoms with E-state index in [9.17, 15) is 4.79 Å². The van der Waals surface area contributed by atoms with Crippen LogP contribution in [-0.2, 0) is 6.42 Å². The van der Waals surface area contributed by atoms with Crippen molar-refractivity contribution in [1.29, 1.82) is 0 Å². The summed E-state index contributed by atoms with van der Waals surface area (Å²) in [5.74, 6) is -0.967. The number of carboxylic acid groups (broad SMARTS) is 1. The Balaban J connectivity index is 3.17. The van der Waals surface area contributed by atoms with E-state index < -0.39 is 5.97 Å². The highest BCUT2D eigenvalue weighted by Crippen LogP contribution is 2.14. The van der Waals surface area contributed by atoms with Crippen molar-refractivity contribution in [3.05, 3.63) is 40.6 Å². The first-order chi connectivity index (χ1) is 6.15. The van der Waals surface area contributed by atoms with Crippen LogP contribution in [0.4, 0.5) is 0 Å². The van der Waals surface area contributed by atoms with Gasteiger partial charge in [0.05, 0.1) is 11.3 Å². The van der Waals surface area contributed by atoms with Gasteiger partial charge in [-0.15, -0.1) is 6.58 Å². The first-order valence-electron chi connectivity index (χ1n) is 3.63. The summed E-state index contributed by atoms with van der Waals surface area (Å²) in [6.45, 7) is 3.53. The largest absolute Gasteiger partial charge is 0.478 e. The highest BCUT2D eigenvalue weighted by molar-refractivity contribution is 9.10. The normalized spacial score (nSPS) is 9.62.